The first-order chi connectivity index (χ1) is 11.4. The first-order valence-corrected chi connectivity index (χ1v) is 8.09. The molecule has 0 radical (unpaired) electrons. The highest BCUT2D eigenvalue weighted by Gasteiger charge is 2.19. The van der Waals surface area contributed by atoms with Gasteiger partial charge in [-0.3, -0.25) is 9.69 Å². The van der Waals surface area contributed by atoms with Crippen LogP contribution in [0.1, 0.15) is 32.3 Å². The van der Waals surface area contributed by atoms with E-state index in [4.69, 9.17) is 20.9 Å². The Morgan fingerprint density at radius 3 is 2.46 bits per heavy atom. The van der Waals surface area contributed by atoms with Crippen LogP contribution < -0.4 is 11.5 Å². The number of amides is 1. The number of nitrogen functional groups attached to an aromatic ring is 1. The number of hydrogen-bond donors (Lipinski definition) is 2. The second-order valence-corrected chi connectivity index (χ2v) is 5.73. The maximum absolute atomic E-state index is 12.2. The fourth-order valence-corrected chi connectivity index (χ4v) is 1.86. The van der Waals surface area contributed by atoms with Crippen LogP contribution in [0.3, 0.4) is 0 Å². The first kappa shape index (κ1) is 19.8. The molecule has 134 valence electrons. The molecule has 0 aliphatic heterocycles. The summed E-state index contributed by atoms with van der Waals surface area (Å²) in [6.07, 6.45) is 1.13. The van der Waals surface area contributed by atoms with Gasteiger partial charge in [0, 0.05) is 18.3 Å². The van der Waals surface area contributed by atoms with E-state index in [-0.39, 0.29) is 25.8 Å². The van der Waals surface area contributed by atoms with Crippen LogP contribution >= 0.6 is 0 Å². The number of carbonyl (C=O) groups is 2. The monoisotopic (exact) mass is 337 g/mol. The molecule has 1 aromatic carbocycles. The molecule has 0 aromatic heterocycles. The summed E-state index contributed by atoms with van der Waals surface area (Å²) in [6, 6.07) is 6.81. The molecule has 4 N–H and O–H groups in total. The predicted octanol–water partition coefficient (Wildman–Crippen LogP) is 1.90. The Labute approximate surface area is 142 Å². The molecule has 24 heavy (non-hydrogen) atoms. The molecule has 0 saturated heterocycles. The van der Waals surface area contributed by atoms with Crippen LogP contribution in [-0.2, 0) is 20.9 Å². The van der Waals surface area contributed by atoms with E-state index in [2.05, 4.69) is 0 Å². The molecule has 7 nitrogen and oxygen atoms in total. The molecule has 0 aliphatic rings. The predicted molar refractivity (Wildman–Crippen MR) is 92.1 cm³/mol. The number of benzene rings is 1. The van der Waals surface area contributed by atoms with Crippen LogP contribution in [-0.4, -0.2) is 42.7 Å². The number of nitrogens with zero attached hydrogens (tertiary/aromatic N) is 1. The smallest absolute Gasteiger partial charge is 0.410 e. The second kappa shape index (κ2) is 10.5. The topological polar surface area (TPSA) is 108 Å². The van der Waals surface area contributed by atoms with Gasteiger partial charge in [0.1, 0.15) is 19.8 Å². The fraction of sp³-hybridized carbons (Fsp3) is 0.529. The van der Waals surface area contributed by atoms with Crippen molar-refractivity contribution in [1.82, 2.24) is 4.90 Å². The van der Waals surface area contributed by atoms with E-state index >= 15 is 0 Å². The summed E-state index contributed by atoms with van der Waals surface area (Å²) >= 11 is 0. The molecule has 1 rings (SSSR count). The molecule has 1 aromatic rings. The number of unbranched alkanes of at least 4 members (excludes halogenated alkanes) is 1. The number of hydrogen-bond acceptors (Lipinski definition) is 6. The quantitative estimate of drug-likeness (QED) is 0.526. The summed E-state index contributed by atoms with van der Waals surface area (Å²) in [5.41, 5.74) is 12.6. The van der Waals surface area contributed by atoms with Gasteiger partial charge in [0.25, 0.3) is 0 Å². The minimum atomic E-state index is -0.543. The van der Waals surface area contributed by atoms with Crippen LogP contribution in [0.2, 0.25) is 0 Å². The van der Waals surface area contributed by atoms with E-state index in [1.165, 1.54) is 4.90 Å². The van der Waals surface area contributed by atoms with E-state index < -0.39 is 12.1 Å². The molecule has 0 fully saturated rings. The van der Waals surface area contributed by atoms with Crippen molar-refractivity contribution in [3.05, 3.63) is 29.8 Å². The zero-order valence-corrected chi connectivity index (χ0v) is 14.4. The summed E-state index contributed by atoms with van der Waals surface area (Å²) in [6.45, 7) is 4.28. The van der Waals surface area contributed by atoms with Gasteiger partial charge in [0.2, 0.25) is 0 Å². The lowest BCUT2D eigenvalue weighted by Gasteiger charge is -2.21. The minimum Gasteiger partial charge on any atom is -0.463 e. The van der Waals surface area contributed by atoms with Crippen LogP contribution in [0.15, 0.2) is 24.3 Å². The molecular weight excluding hydrogens is 310 g/mol. The average molecular weight is 337 g/mol. The molecule has 1 atom stereocenters. The molecule has 0 aliphatic carbocycles. The second-order valence-electron chi connectivity index (χ2n) is 5.73. The van der Waals surface area contributed by atoms with Gasteiger partial charge in [-0.25, -0.2) is 4.79 Å². The van der Waals surface area contributed by atoms with Gasteiger partial charge >= 0.3 is 12.1 Å². The van der Waals surface area contributed by atoms with Gasteiger partial charge in [-0.2, -0.15) is 0 Å². The van der Waals surface area contributed by atoms with Crippen LogP contribution in [0.4, 0.5) is 10.5 Å². The summed E-state index contributed by atoms with van der Waals surface area (Å²) in [5.74, 6) is -0.493. The van der Waals surface area contributed by atoms with Crippen molar-refractivity contribution < 1.29 is 19.1 Å². The Balaban J connectivity index is 2.53. The molecule has 7 heteroatoms. The lowest BCUT2D eigenvalue weighted by Crippen LogP contribution is -2.38. The summed E-state index contributed by atoms with van der Waals surface area (Å²) in [4.78, 5) is 25.4. The van der Waals surface area contributed by atoms with Crippen molar-refractivity contribution in [1.29, 1.82) is 0 Å². The summed E-state index contributed by atoms with van der Waals surface area (Å²) in [7, 11) is 0. The molecule has 0 bridgehead atoms. The minimum absolute atomic E-state index is 0.122. The van der Waals surface area contributed by atoms with E-state index in [1.54, 1.807) is 31.2 Å². The van der Waals surface area contributed by atoms with Crippen LogP contribution in [0, 0.1) is 0 Å². The maximum Gasteiger partial charge on any atom is 0.410 e. The van der Waals surface area contributed by atoms with Crippen molar-refractivity contribution in [2.45, 2.75) is 39.3 Å². The van der Waals surface area contributed by atoms with Crippen molar-refractivity contribution in [3.8, 4) is 0 Å². The molecular formula is C17H27N3O4. The highest BCUT2D eigenvalue weighted by Crippen LogP contribution is 2.08. The van der Waals surface area contributed by atoms with E-state index in [0.717, 1.165) is 18.4 Å². The zero-order chi connectivity index (χ0) is 17.9. The number of ether oxygens (including phenoxy) is 2. The third-order valence-corrected chi connectivity index (χ3v) is 3.21. The Hall–Kier alpha value is -2.28. The van der Waals surface area contributed by atoms with E-state index in [9.17, 15) is 9.59 Å². The average Bonchev–Trinajstić information content (AvgIpc) is 2.55. The lowest BCUT2D eigenvalue weighted by molar-refractivity contribution is -0.145. The highest BCUT2D eigenvalue weighted by atomic mass is 16.6. The van der Waals surface area contributed by atoms with Gasteiger partial charge in [0.15, 0.2) is 0 Å². The third-order valence-electron chi connectivity index (χ3n) is 3.21. The zero-order valence-electron chi connectivity index (χ0n) is 14.4. The van der Waals surface area contributed by atoms with Crippen molar-refractivity contribution in [2.75, 3.05) is 25.4 Å². The number of carbonyl (C=O) groups excluding carboxylic acids is 2. The Kier molecular flexibility index (Phi) is 8.64. The van der Waals surface area contributed by atoms with Gasteiger partial charge < -0.3 is 20.9 Å². The van der Waals surface area contributed by atoms with Crippen molar-refractivity contribution in [2.24, 2.45) is 5.73 Å². The lowest BCUT2D eigenvalue weighted by atomic mass is 10.2. The van der Waals surface area contributed by atoms with E-state index in [0.29, 0.717) is 12.2 Å². The van der Waals surface area contributed by atoms with Crippen molar-refractivity contribution in [3.63, 3.8) is 0 Å². The van der Waals surface area contributed by atoms with Crippen LogP contribution in [0.25, 0.3) is 0 Å². The van der Waals surface area contributed by atoms with E-state index in [1.807, 2.05) is 6.92 Å². The third kappa shape index (κ3) is 7.82. The van der Waals surface area contributed by atoms with Gasteiger partial charge in [0.05, 0.1) is 0 Å². The number of anilines is 1. The SMILES string of the molecule is CCCCN(CC(=O)OCC(C)N)C(=O)OCc1ccc(N)cc1. The fourth-order valence-electron chi connectivity index (χ4n) is 1.86. The van der Waals surface area contributed by atoms with Gasteiger partial charge in [-0.05, 0) is 31.0 Å². The molecule has 0 heterocycles. The van der Waals surface area contributed by atoms with Gasteiger partial charge in [-0.15, -0.1) is 0 Å². The Bertz CT molecular complexity index is 517. The van der Waals surface area contributed by atoms with Crippen LogP contribution in [0.5, 0.6) is 0 Å². The molecule has 1 amide bonds. The maximum atomic E-state index is 12.2. The Morgan fingerprint density at radius 1 is 1.21 bits per heavy atom. The Morgan fingerprint density at radius 2 is 1.88 bits per heavy atom. The standard InChI is InChI=1S/C17H27N3O4/c1-3-4-9-20(10-16(21)23-11-13(2)18)17(22)24-12-14-5-7-15(19)8-6-14/h5-8,13H,3-4,9-12,18-19H2,1-2H3. The van der Waals surface area contributed by atoms with Gasteiger partial charge in [-0.1, -0.05) is 25.5 Å². The first-order valence-electron chi connectivity index (χ1n) is 8.09. The highest BCUT2D eigenvalue weighted by molar-refractivity contribution is 5.78. The molecule has 0 saturated carbocycles. The number of nitrogens with two attached hydrogens (primary N) is 2. The number of rotatable bonds is 9. The summed E-state index contributed by atoms with van der Waals surface area (Å²) < 4.78 is 10.3. The summed E-state index contributed by atoms with van der Waals surface area (Å²) in [5, 5.41) is 0. The normalized spacial score (nSPS) is 11.6. The van der Waals surface area contributed by atoms with Crippen molar-refractivity contribution >= 4 is 17.7 Å². The number of esters is 1. The largest absolute Gasteiger partial charge is 0.463 e. The molecule has 0 spiro atoms. The molecule has 1 unspecified atom stereocenters.